The zero-order valence-electron chi connectivity index (χ0n) is 11.8. The molecular weight excluding hydrogens is 202 g/mol. The van der Waals surface area contributed by atoms with Crippen molar-refractivity contribution < 1.29 is 9.53 Å². The van der Waals surface area contributed by atoms with Crippen LogP contribution in [0.25, 0.3) is 0 Å². The zero-order chi connectivity index (χ0) is 12.9. The molecule has 0 N–H and O–H groups in total. The van der Waals surface area contributed by atoms with Crippen LogP contribution >= 0.6 is 0 Å². The highest BCUT2D eigenvalue weighted by Gasteiger charge is 2.24. The van der Waals surface area contributed by atoms with Gasteiger partial charge in [0.05, 0.1) is 0 Å². The van der Waals surface area contributed by atoms with Gasteiger partial charge in [-0.25, -0.2) is 4.79 Å². The van der Waals surface area contributed by atoms with E-state index in [2.05, 4.69) is 34.6 Å². The van der Waals surface area contributed by atoms with Crippen molar-refractivity contribution in [2.75, 3.05) is 7.05 Å². The molecule has 0 radical (unpaired) electrons. The van der Waals surface area contributed by atoms with E-state index in [1.807, 2.05) is 6.92 Å². The van der Waals surface area contributed by atoms with Crippen LogP contribution in [0.5, 0.6) is 0 Å². The van der Waals surface area contributed by atoms with Crippen LogP contribution in [-0.4, -0.2) is 30.2 Å². The Labute approximate surface area is 100 Å². The highest BCUT2D eigenvalue weighted by atomic mass is 16.6. The second-order valence-corrected chi connectivity index (χ2v) is 5.20. The summed E-state index contributed by atoms with van der Waals surface area (Å²) in [7, 11) is 1.80. The molecule has 1 unspecified atom stereocenters. The minimum absolute atomic E-state index is 0.000920. The average molecular weight is 229 g/mol. The topological polar surface area (TPSA) is 29.5 Å². The normalized spacial score (nSPS) is 13.4. The molecule has 1 atom stereocenters. The first-order valence-corrected chi connectivity index (χ1v) is 6.24. The van der Waals surface area contributed by atoms with E-state index in [0.717, 1.165) is 6.42 Å². The predicted octanol–water partition coefficient (Wildman–Crippen LogP) is 3.53. The van der Waals surface area contributed by atoms with Crippen LogP contribution in [0.15, 0.2) is 0 Å². The number of hydrogen-bond acceptors (Lipinski definition) is 2. The van der Waals surface area contributed by atoms with Gasteiger partial charge in [0.25, 0.3) is 0 Å². The lowest BCUT2D eigenvalue weighted by atomic mass is 9.96. The van der Waals surface area contributed by atoms with Crippen molar-refractivity contribution in [1.82, 2.24) is 4.90 Å². The van der Waals surface area contributed by atoms with Gasteiger partial charge in [0.15, 0.2) is 0 Å². The summed E-state index contributed by atoms with van der Waals surface area (Å²) >= 11 is 0. The van der Waals surface area contributed by atoms with Crippen LogP contribution in [0.1, 0.15) is 48.0 Å². The van der Waals surface area contributed by atoms with Crippen molar-refractivity contribution in [3.05, 3.63) is 0 Å². The summed E-state index contributed by atoms with van der Waals surface area (Å²) in [5, 5.41) is 0. The van der Waals surface area contributed by atoms with Crippen molar-refractivity contribution in [2.24, 2.45) is 11.8 Å². The quantitative estimate of drug-likeness (QED) is 0.721. The molecule has 0 saturated carbocycles. The van der Waals surface area contributed by atoms with Gasteiger partial charge in [-0.15, -0.1) is 0 Å². The van der Waals surface area contributed by atoms with Gasteiger partial charge in [-0.3, -0.25) is 0 Å². The third kappa shape index (κ3) is 4.42. The van der Waals surface area contributed by atoms with Crippen molar-refractivity contribution in [2.45, 2.75) is 60.1 Å². The highest BCUT2D eigenvalue weighted by molar-refractivity contribution is 5.67. The number of hydrogen-bond donors (Lipinski definition) is 0. The molecule has 0 aliphatic carbocycles. The summed E-state index contributed by atoms with van der Waals surface area (Å²) in [5.74, 6) is 0.712. The van der Waals surface area contributed by atoms with Crippen molar-refractivity contribution in [3.8, 4) is 0 Å². The number of amides is 1. The molecule has 0 bridgehead atoms. The second kappa shape index (κ2) is 6.77. The maximum absolute atomic E-state index is 11.9. The standard InChI is InChI=1S/C13H27NO2/c1-8-11(6)14(7)13(15)16-12(9(2)3)10(4)5/h9-12H,8H2,1-7H3. The molecule has 0 fully saturated rings. The smallest absolute Gasteiger partial charge is 0.410 e. The summed E-state index contributed by atoms with van der Waals surface area (Å²) in [6.07, 6.45) is 0.736. The molecule has 3 heteroatoms. The number of carbonyl (C=O) groups is 1. The number of ether oxygens (including phenoxy) is 1. The van der Waals surface area contributed by atoms with E-state index in [-0.39, 0.29) is 18.2 Å². The van der Waals surface area contributed by atoms with Gasteiger partial charge in [0.1, 0.15) is 6.10 Å². The summed E-state index contributed by atoms with van der Waals surface area (Å²) in [6, 6.07) is 0.229. The number of carbonyl (C=O) groups excluding carboxylic acids is 1. The molecule has 0 aliphatic heterocycles. The summed E-state index contributed by atoms with van der Waals surface area (Å²) in [4.78, 5) is 13.5. The fraction of sp³-hybridized carbons (Fsp3) is 0.923. The van der Waals surface area contributed by atoms with E-state index in [1.54, 1.807) is 11.9 Å². The first kappa shape index (κ1) is 15.3. The van der Waals surface area contributed by atoms with E-state index in [0.29, 0.717) is 11.8 Å². The predicted molar refractivity (Wildman–Crippen MR) is 67.5 cm³/mol. The van der Waals surface area contributed by atoms with Crippen LogP contribution in [0.2, 0.25) is 0 Å². The molecule has 0 aliphatic rings. The maximum atomic E-state index is 11.9. The monoisotopic (exact) mass is 229 g/mol. The maximum Gasteiger partial charge on any atom is 0.410 e. The highest BCUT2D eigenvalue weighted by Crippen LogP contribution is 2.17. The molecule has 0 rings (SSSR count). The average Bonchev–Trinajstić information content (AvgIpc) is 2.22. The fourth-order valence-electron chi connectivity index (χ4n) is 1.70. The van der Waals surface area contributed by atoms with Crippen LogP contribution in [-0.2, 0) is 4.74 Å². The minimum atomic E-state index is -0.207. The van der Waals surface area contributed by atoms with Crippen molar-refractivity contribution in [1.29, 1.82) is 0 Å². The van der Waals surface area contributed by atoms with E-state index in [1.165, 1.54) is 0 Å². The second-order valence-electron chi connectivity index (χ2n) is 5.20. The minimum Gasteiger partial charge on any atom is -0.446 e. The molecule has 0 aromatic carbocycles. The summed E-state index contributed by atoms with van der Waals surface area (Å²) < 4.78 is 5.55. The lowest BCUT2D eigenvalue weighted by Gasteiger charge is -2.30. The molecule has 0 aromatic rings. The van der Waals surface area contributed by atoms with Gasteiger partial charge in [-0.1, -0.05) is 34.6 Å². The number of nitrogens with zero attached hydrogens (tertiary/aromatic N) is 1. The Kier molecular flexibility index (Phi) is 6.46. The van der Waals surface area contributed by atoms with Crippen LogP contribution in [0.3, 0.4) is 0 Å². The molecule has 1 amide bonds. The lowest BCUT2D eigenvalue weighted by Crippen LogP contribution is -2.39. The Balaban J connectivity index is 4.40. The van der Waals surface area contributed by atoms with E-state index < -0.39 is 0 Å². The van der Waals surface area contributed by atoms with Crippen molar-refractivity contribution in [3.63, 3.8) is 0 Å². The molecule has 96 valence electrons. The van der Waals surface area contributed by atoms with E-state index >= 15 is 0 Å². The summed E-state index contributed by atoms with van der Waals surface area (Å²) in [5.41, 5.74) is 0. The third-order valence-electron chi connectivity index (χ3n) is 3.09. The van der Waals surface area contributed by atoms with Gasteiger partial charge in [-0.05, 0) is 25.2 Å². The third-order valence-corrected chi connectivity index (χ3v) is 3.09. The van der Waals surface area contributed by atoms with Gasteiger partial charge >= 0.3 is 6.09 Å². The first-order valence-electron chi connectivity index (χ1n) is 6.24. The molecule has 0 heterocycles. The Morgan fingerprint density at radius 1 is 1.12 bits per heavy atom. The van der Waals surface area contributed by atoms with Gasteiger partial charge in [-0.2, -0.15) is 0 Å². The first-order chi connectivity index (χ1) is 7.31. The zero-order valence-corrected chi connectivity index (χ0v) is 11.8. The Morgan fingerprint density at radius 2 is 1.56 bits per heavy atom. The molecule has 0 aromatic heterocycles. The molecule has 0 saturated heterocycles. The molecule has 3 nitrogen and oxygen atoms in total. The SMILES string of the molecule is CCC(C)N(C)C(=O)OC(C(C)C)C(C)C. The fourth-order valence-corrected chi connectivity index (χ4v) is 1.70. The lowest BCUT2D eigenvalue weighted by molar-refractivity contribution is 0.0170. The summed E-state index contributed by atoms with van der Waals surface area (Å²) in [6.45, 7) is 12.4. The van der Waals surface area contributed by atoms with Crippen LogP contribution < -0.4 is 0 Å². The Bertz CT molecular complexity index is 206. The van der Waals surface area contributed by atoms with E-state index in [9.17, 15) is 4.79 Å². The van der Waals surface area contributed by atoms with Crippen LogP contribution in [0.4, 0.5) is 4.79 Å². The Morgan fingerprint density at radius 3 is 1.88 bits per heavy atom. The molecule has 16 heavy (non-hydrogen) atoms. The van der Waals surface area contributed by atoms with Gasteiger partial charge in [0.2, 0.25) is 0 Å². The van der Waals surface area contributed by atoms with E-state index in [4.69, 9.17) is 4.74 Å². The van der Waals surface area contributed by atoms with Gasteiger partial charge in [0, 0.05) is 13.1 Å². The number of rotatable bonds is 5. The molecule has 0 spiro atoms. The van der Waals surface area contributed by atoms with Crippen molar-refractivity contribution >= 4 is 6.09 Å². The van der Waals surface area contributed by atoms with Gasteiger partial charge < -0.3 is 9.64 Å². The largest absolute Gasteiger partial charge is 0.446 e. The molecular formula is C13H27NO2. The van der Waals surface area contributed by atoms with Crippen LogP contribution in [0, 0.1) is 11.8 Å². The Hall–Kier alpha value is -0.730.